The molecule has 3 heterocycles. The summed E-state index contributed by atoms with van der Waals surface area (Å²) in [7, 11) is 0. The van der Waals surface area contributed by atoms with Crippen LogP contribution in [0.15, 0.2) is 61.1 Å². The van der Waals surface area contributed by atoms with Crippen LogP contribution in [-0.4, -0.2) is 51.9 Å². The summed E-state index contributed by atoms with van der Waals surface area (Å²) < 4.78 is 0. The lowest BCUT2D eigenvalue weighted by Crippen LogP contribution is -2.49. The average Bonchev–Trinajstić information content (AvgIpc) is 2.79. The topological polar surface area (TPSA) is 74.2 Å². The SMILES string of the molecule is Cc1ccc(CNc2ccc(C(=O)N3CCN(c4ncccn4)CC3)cn2)cc1. The first kappa shape index (κ1) is 18.9. The van der Waals surface area contributed by atoms with Crippen LogP contribution in [0.2, 0.25) is 0 Å². The first-order valence-corrected chi connectivity index (χ1v) is 9.76. The number of rotatable bonds is 5. The van der Waals surface area contributed by atoms with Crippen LogP contribution in [0.5, 0.6) is 0 Å². The van der Waals surface area contributed by atoms with Crippen LogP contribution in [0.1, 0.15) is 21.5 Å². The highest BCUT2D eigenvalue weighted by Gasteiger charge is 2.23. The Hall–Kier alpha value is -3.48. The van der Waals surface area contributed by atoms with Crippen molar-refractivity contribution < 1.29 is 4.79 Å². The van der Waals surface area contributed by atoms with E-state index in [0.29, 0.717) is 31.1 Å². The molecule has 0 aliphatic carbocycles. The third-order valence-corrected chi connectivity index (χ3v) is 5.01. The van der Waals surface area contributed by atoms with E-state index in [2.05, 4.69) is 56.4 Å². The minimum Gasteiger partial charge on any atom is -0.366 e. The fourth-order valence-corrected chi connectivity index (χ4v) is 3.27. The van der Waals surface area contributed by atoms with Gasteiger partial charge in [0.2, 0.25) is 5.95 Å². The number of nitrogens with zero attached hydrogens (tertiary/aromatic N) is 5. The predicted molar refractivity (Wildman–Crippen MR) is 113 cm³/mol. The maximum atomic E-state index is 12.8. The van der Waals surface area contributed by atoms with Crippen molar-refractivity contribution in [1.82, 2.24) is 19.9 Å². The van der Waals surface area contributed by atoms with E-state index in [0.717, 1.165) is 18.9 Å². The number of anilines is 2. The Balaban J connectivity index is 1.31. The molecule has 3 aromatic rings. The Kier molecular flexibility index (Phi) is 5.65. The van der Waals surface area contributed by atoms with Crippen LogP contribution >= 0.6 is 0 Å². The number of benzene rings is 1. The number of carbonyl (C=O) groups excluding carboxylic acids is 1. The largest absolute Gasteiger partial charge is 0.366 e. The number of hydrogen-bond acceptors (Lipinski definition) is 6. The second-order valence-corrected chi connectivity index (χ2v) is 7.10. The van der Waals surface area contributed by atoms with Crippen LogP contribution in [0.3, 0.4) is 0 Å². The molecule has 1 aliphatic rings. The van der Waals surface area contributed by atoms with Gasteiger partial charge in [0, 0.05) is 51.3 Å². The number of pyridine rings is 1. The van der Waals surface area contributed by atoms with Gasteiger partial charge in [0.1, 0.15) is 5.82 Å². The summed E-state index contributed by atoms with van der Waals surface area (Å²) in [6.45, 7) is 5.50. The molecule has 1 saturated heterocycles. The monoisotopic (exact) mass is 388 g/mol. The van der Waals surface area contributed by atoms with Crippen molar-refractivity contribution in [2.24, 2.45) is 0 Å². The van der Waals surface area contributed by atoms with Crippen molar-refractivity contribution in [1.29, 1.82) is 0 Å². The third kappa shape index (κ3) is 4.68. The molecular formula is C22H24N6O. The molecule has 2 aromatic heterocycles. The van der Waals surface area contributed by atoms with Gasteiger partial charge in [-0.1, -0.05) is 29.8 Å². The van der Waals surface area contributed by atoms with Gasteiger partial charge >= 0.3 is 0 Å². The molecule has 1 amide bonds. The van der Waals surface area contributed by atoms with Crippen LogP contribution in [0.25, 0.3) is 0 Å². The molecule has 0 spiro atoms. The molecule has 0 radical (unpaired) electrons. The van der Waals surface area contributed by atoms with Crippen molar-refractivity contribution in [3.8, 4) is 0 Å². The number of piperazine rings is 1. The normalized spacial score (nSPS) is 14.0. The number of carbonyl (C=O) groups is 1. The lowest BCUT2D eigenvalue weighted by molar-refractivity contribution is 0.0746. The Morgan fingerprint density at radius 2 is 1.69 bits per heavy atom. The van der Waals surface area contributed by atoms with Gasteiger partial charge in [-0.05, 0) is 30.7 Å². The standard InChI is InChI=1S/C22H24N6O/c1-17-3-5-18(6-4-17)15-25-20-8-7-19(16-26-20)21(29)27-11-13-28(14-12-27)22-23-9-2-10-24-22/h2-10,16H,11-15H2,1H3,(H,25,26). The van der Waals surface area contributed by atoms with Crippen molar-refractivity contribution in [2.75, 3.05) is 36.4 Å². The molecule has 0 saturated carbocycles. The average molecular weight is 388 g/mol. The van der Waals surface area contributed by atoms with Crippen molar-refractivity contribution in [3.63, 3.8) is 0 Å². The van der Waals surface area contributed by atoms with Crippen LogP contribution in [0, 0.1) is 6.92 Å². The Bertz CT molecular complexity index is 935. The summed E-state index contributed by atoms with van der Waals surface area (Å²) in [5.74, 6) is 1.48. The van der Waals surface area contributed by atoms with Crippen molar-refractivity contribution in [3.05, 3.63) is 77.7 Å². The molecule has 0 bridgehead atoms. The fourth-order valence-electron chi connectivity index (χ4n) is 3.27. The van der Waals surface area contributed by atoms with Crippen LogP contribution < -0.4 is 10.2 Å². The maximum absolute atomic E-state index is 12.8. The highest BCUT2D eigenvalue weighted by Crippen LogP contribution is 2.14. The molecule has 29 heavy (non-hydrogen) atoms. The number of hydrogen-bond donors (Lipinski definition) is 1. The second kappa shape index (κ2) is 8.68. The van der Waals surface area contributed by atoms with Gasteiger partial charge < -0.3 is 15.1 Å². The fraction of sp³-hybridized carbons (Fsp3) is 0.273. The zero-order chi connectivity index (χ0) is 20.1. The molecule has 1 N–H and O–H groups in total. The first-order chi connectivity index (χ1) is 14.2. The smallest absolute Gasteiger partial charge is 0.255 e. The van der Waals surface area contributed by atoms with E-state index in [1.807, 2.05) is 17.0 Å². The molecule has 0 unspecified atom stereocenters. The minimum absolute atomic E-state index is 0.0104. The Morgan fingerprint density at radius 3 is 2.34 bits per heavy atom. The lowest BCUT2D eigenvalue weighted by Gasteiger charge is -2.34. The second-order valence-electron chi connectivity index (χ2n) is 7.10. The summed E-state index contributed by atoms with van der Waals surface area (Å²) in [4.78, 5) is 29.7. The van der Waals surface area contributed by atoms with E-state index in [1.54, 1.807) is 24.7 Å². The summed E-state index contributed by atoms with van der Waals surface area (Å²) in [5.41, 5.74) is 3.04. The van der Waals surface area contributed by atoms with E-state index in [4.69, 9.17) is 0 Å². The van der Waals surface area contributed by atoms with Gasteiger partial charge in [0.05, 0.1) is 5.56 Å². The predicted octanol–water partition coefficient (Wildman–Crippen LogP) is 2.75. The zero-order valence-electron chi connectivity index (χ0n) is 16.5. The van der Waals surface area contributed by atoms with Gasteiger partial charge in [-0.2, -0.15) is 0 Å². The summed E-state index contributed by atoms with van der Waals surface area (Å²) >= 11 is 0. The Labute approximate surface area is 170 Å². The van der Waals surface area contributed by atoms with Gasteiger partial charge in [0.25, 0.3) is 5.91 Å². The summed E-state index contributed by atoms with van der Waals surface area (Å²) in [5, 5.41) is 3.29. The molecule has 148 valence electrons. The maximum Gasteiger partial charge on any atom is 0.255 e. The summed E-state index contributed by atoms with van der Waals surface area (Å²) in [6.07, 6.45) is 5.12. The van der Waals surface area contributed by atoms with Gasteiger partial charge in [0.15, 0.2) is 0 Å². The van der Waals surface area contributed by atoms with Gasteiger partial charge in [-0.25, -0.2) is 15.0 Å². The van der Waals surface area contributed by atoms with E-state index < -0.39 is 0 Å². The van der Waals surface area contributed by atoms with E-state index in [-0.39, 0.29) is 5.91 Å². The van der Waals surface area contributed by atoms with E-state index >= 15 is 0 Å². The first-order valence-electron chi connectivity index (χ1n) is 9.76. The highest BCUT2D eigenvalue weighted by molar-refractivity contribution is 5.94. The van der Waals surface area contributed by atoms with Crippen molar-refractivity contribution >= 4 is 17.7 Å². The molecule has 0 atom stereocenters. The molecule has 4 rings (SSSR count). The van der Waals surface area contributed by atoms with Gasteiger partial charge in [-0.15, -0.1) is 0 Å². The zero-order valence-corrected chi connectivity index (χ0v) is 16.5. The molecule has 1 aromatic carbocycles. The molecule has 7 heteroatoms. The minimum atomic E-state index is 0.0104. The molecule has 1 fully saturated rings. The molecule has 7 nitrogen and oxygen atoms in total. The highest BCUT2D eigenvalue weighted by atomic mass is 16.2. The van der Waals surface area contributed by atoms with Crippen LogP contribution in [-0.2, 0) is 6.54 Å². The number of amides is 1. The lowest BCUT2D eigenvalue weighted by atomic mass is 10.1. The number of aromatic nitrogens is 3. The molecule has 1 aliphatic heterocycles. The number of nitrogens with one attached hydrogen (secondary N) is 1. The van der Waals surface area contributed by atoms with E-state index in [1.165, 1.54) is 11.1 Å². The van der Waals surface area contributed by atoms with Crippen molar-refractivity contribution in [2.45, 2.75) is 13.5 Å². The third-order valence-electron chi connectivity index (χ3n) is 5.01. The van der Waals surface area contributed by atoms with E-state index in [9.17, 15) is 4.79 Å². The molecular weight excluding hydrogens is 364 g/mol. The van der Waals surface area contributed by atoms with Gasteiger partial charge in [-0.3, -0.25) is 4.79 Å². The Morgan fingerprint density at radius 1 is 0.966 bits per heavy atom. The van der Waals surface area contributed by atoms with Crippen LogP contribution in [0.4, 0.5) is 11.8 Å². The number of aryl methyl sites for hydroxylation is 1. The quantitative estimate of drug-likeness (QED) is 0.724. The summed E-state index contributed by atoms with van der Waals surface area (Å²) in [6, 6.07) is 13.9.